The lowest BCUT2D eigenvalue weighted by atomic mass is 10.2. The zero-order valence-electron chi connectivity index (χ0n) is 8.79. The van der Waals surface area contributed by atoms with E-state index in [1.165, 1.54) is 0 Å². The fourth-order valence-corrected chi connectivity index (χ4v) is 2.64. The molecule has 0 amide bonds. The van der Waals surface area contributed by atoms with E-state index in [0.717, 1.165) is 22.4 Å². The Kier molecular flexibility index (Phi) is 6.13. The topological polar surface area (TPSA) is 26.3 Å². The van der Waals surface area contributed by atoms with Crippen molar-refractivity contribution in [2.45, 2.75) is 26.2 Å². The van der Waals surface area contributed by atoms with Gasteiger partial charge >= 0.3 is 0 Å². The van der Waals surface area contributed by atoms with Crippen molar-refractivity contribution < 1.29 is 9.53 Å². The fraction of sp³-hybridized carbons (Fsp3) is 0.545. The lowest BCUT2D eigenvalue weighted by molar-refractivity contribution is -0.119. The third-order valence-corrected chi connectivity index (χ3v) is 3.56. The van der Waals surface area contributed by atoms with E-state index in [9.17, 15) is 4.79 Å². The van der Waals surface area contributed by atoms with Crippen LogP contribution in [0.25, 0.3) is 0 Å². The van der Waals surface area contributed by atoms with Crippen molar-refractivity contribution in [2.75, 3.05) is 13.2 Å². The molecule has 0 N–H and O–H groups in total. The molecule has 0 saturated heterocycles. The predicted molar refractivity (Wildman–Crippen MR) is 66.5 cm³/mol. The molecule has 0 bridgehead atoms. The molecule has 1 aromatic heterocycles. The van der Waals surface area contributed by atoms with Crippen LogP contribution in [0.2, 0.25) is 0 Å². The van der Waals surface area contributed by atoms with Crippen LogP contribution in [0.15, 0.2) is 15.9 Å². The van der Waals surface area contributed by atoms with Gasteiger partial charge in [-0.15, -0.1) is 11.3 Å². The van der Waals surface area contributed by atoms with Crippen LogP contribution in [0.4, 0.5) is 0 Å². The zero-order valence-corrected chi connectivity index (χ0v) is 11.2. The number of thiophene rings is 1. The van der Waals surface area contributed by atoms with Crippen molar-refractivity contribution >= 4 is 33.0 Å². The smallest absolute Gasteiger partial charge is 0.140 e. The molecule has 0 saturated carbocycles. The highest BCUT2D eigenvalue weighted by Gasteiger charge is 2.05. The molecular weight excluding hydrogens is 276 g/mol. The van der Waals surface area contributed by atoms with E-state index >= 15 is 0 Å². The van der Waals surface area contributed by atoms with Gasteiger partial charge in [0.15, 0.2) is 0 Å². The maximum absolute atomic E-state index is 11.5. The molecular formula is C11H15BrO2S. The van der Waals surface area contributed by atoms with Crippen LogP contribution in [0.5, 0.6) is 0 Å². The number of hydrogen-bond donors (Lipinski definition) is 0. The van der Waals surface area contributed by atoms with Gasteiger partial charge in [-0.3, -0.25) is 4.79 Å². The number of rotatable bonds is 7. The Bertz CT molecular complexity index is 309. The lowest BCUT2D eigenvalue weighted by Gasteiger charge is -2.00. The summed E-state index contributed by atoms with van der Waals surface area (Å²) in [7, 11) is 0. The van der Waals surface area contributed by atoms with E-state index in [-0.39, 0.29) is 5.78 Å². The molecule has 0 atom stereocenters. The van der Waals surface area contributed by atoms with Crippen molar-refractivity contribution in [3.63, 3.8) is 0 Å². The van der Waals surface area contributed by atoms with Gasteiger partial charge in [0.1, 0.15) is 5.78 Å². The Hall–Kier alpha value is -0.190. The van der Waals surface area contributed by atoms with E-state index < -0.39 is 0 Å². The largest absolute Gasteiger partial charge is 0.381 e. The maximum Gasteiger partial charge on any atom is 0.140 e. The number of Topliss-reactive ketones (excluding diaryl/α,β-unsaturated/α-hetero) is 1. The van der Waals surface area contributed by atoms with E-state index in [1.54, 1.807) is 11.3 Å². The van der Waals surface area contributed by atoms with Crippen molar-refractivity contribution in [2.24, 2.45) is 0 Å². The number of ketones is 1. The Balaban J connectivity index is 2.18. The molecule has 0 aromatic carbocycles. The first-order valence-electron chi connectivity index (χ1n) is 5.04. The predicted octanol–water partition coefficient (Wildman–Crippen LogP) is 3.44. The maximum atomic E-state index is 11.5. The summed E-state index contributed by atoms with van der Waals surface area (Å²) in [5.41, 5.74) is 0. The number of carbonyl (C=O) groups is 1. The third kappa shape index (κ3) is 5.44. The quantitative estimate of drug-likeness (QED) is 0.719. The van der Waals surface area contributed by atoms with Crippen LogP contribution >= 0.6 is 27.3 Å². The summed E-state index contributed by atoms with van der Waals surface area (Å²) in [6.07, 6.45) is 2.06. The zero-order chi connectivity index (χ0) is 11.1. The molecule has 0 spiro atoms. The van der Waals surface area contributed by atoms with E-state index in [0.29, 0.717) is 19.4 Å². The SMILES string of the molecule is CCCOCCC(=O)Cc1cc(Br)cs1. The summed E-state index contributed by atoms with van der Waals surface area (Å²) < 4.78 is 6.32. The van der Waals surface area contributed by atoms with Crippen LogP contribution in [-0.4, -0.2) is 19.0 Å². The summed E-state index contributed by atoms with van der Waals surface area (Å²) in [4.78, 5) is 12.6. The molecule has 0 radical (unpaired) electrons. The Morgan fingerprint density at radius 2 is 2.33 bits per heavy atom. The molecule has 15 heavy (non-hydrogen) atoms. The van der Waals surface area contributed by atoms with E-state index in [4.69, 9.17) is 4.74 Å². The van der Waals surface area contributed by atoms with Crippen molar-refractivity contribution in [1.29, 1.82) is 0 Å². The molecule has 1 aromatic rings. The second-order valence-corrected chi connectivity index (χ2v) is 5.22. The minimum absolute atomic E-state index is 0.250. The first-order valence-corrected chi connectivity index (χ1v) is 6.72. The molecule has 84 valence electrons. The molecule has 0 aliphatic heterocycles. The number of ether oxygens (including phenoxy) is 1. The third-order valence-electron chi connectivity index (χ3n) is 1.87. The second-order valence-electron chi connectivity index (χ2n) is 3.31. The minimum Gasteiger partial charge on any atom is -0.381 e. The van der Waals surface area contributed by atoms with Crippen LogP contribution in [-0.2, 0) is 16.0 Å². The minimum atomic E-state index is 0.250. The van der Waals surface area contributed by atoms with Crippen molar-refractivity contribution in [3.05, 3.63) is 20.8 Å². The van der Waals surface area contributed by atoms with Gasteiger partial charge in [-0.25, -0.2) is 0 Å². The first-order chi connectivity index (χ1) is 7.22. The molecule has 1 heterocycles. The first kappa shape index (κ1) is 12.9. The highest BCUT2D eigenvalue weighted by molar-refractivity contribution is 9.10. The average Bonchev–Trinajstić information content (AvgIpc) is 2.59. The Morgan fingerprint density at radius 3 is 2.93 bits per heavy atom. The second kappa shape index (κ2) is 7.14. The summed E-state index contributed by atoms with van der Waals surface area (Å²) in [5, 5.41) is 2.00. The van der Waals surface area contributed by atoms with Gasteiger partial charge in [0, 0.05) is 34.2 Å². The number of carbonyl (C=O) groups excluding carboxylic acids is 1. The van der Waals surface area contributed by atoms with Gasteiger partial charge in [-0.1, -0.05) is 6.92 Å². The number of halogens is 1. The van der Waals surface area contributed by atoms with Crippen LogP contribution in [0.3, 0.4) is 0 Å². The van der Waals surface area contributed by atoms with E-state index in [1.807, 2.05) is 11.4 Å². The molecule has 0 fully saturated rings. The standard InChI is InChI=1S/C11H15BrO2S/c1-2-4-14-5-3-10(13)7-11-6-9(12)8-15-11/h6,8H,2-5,7H2,1H3. The average molecular weight is 291 g/mol. The summed E-state index contributed by atoms with van der Waals surface area (Å²) >= 11 is 4.98. The molecule has 2 nitrogen and oxygen atoms in total. The number of hydrogen-bond acceptors (Lipinski definition) is 3. The van der Waals surface area contributed by atoms with Crippen LogP contribution in [0.1, 0.15) is 24.6 Å². The van der Waals surface area contributed by atoms with Gasteiger partial charge in [0.2, 0.25) is 0 Å². The van der Waals surface area contributed by atoms with Gasteiger partial charge in [0.05, 0.1) is 6.61 Å². The molecule has 4 heteroatoms. The highest BCUT2D eigenvalue weighted by atomic mass is 79.9. The van der Waals surface area contributed by atoms with Crippen molar-refractivity contribution in [1.82, 2.24) is 0 Å². The lowest BCUT2D eigenvalue weighted by Crippen LogP contribution is -2.06. The monoisotopic (exact) mass is 290 g/mol. The summed E-state index contributed by atoms with van der Waals surface area (Å²) in [6, 6.07) is 2.00. The summed E-state index contributed by atoms with van der Waals surface area (Å²) in [5.74, 6) is 0.250. The molecule has 0 aliphatic carbocycles. The highest BCUT2D eigenvalue weighted by Crippen LogP contribution is 2.20. The fourth-order valence-electron chi connectivity index (χ4n) is 1.16. The normalized spacial score (nSPS) is 10.5. The molecule has 1 rings (SSSR count). The van der Waals surface area contributed by atoms with Crippen LogP contribution in [0, 0.1) is 0 Å². The molecule has 0 unspecified atom stereocenters. The Morgan fingerprint density at radius 1 is 1.53 bits per heavy atom. The van der Waals surface area contributed by atoms with Gasteiger partial charge < -0.3 is 4.74 Å². The van der Waals surface area contributed by atoms with Crippen molar-refractivity contribution in [3.8, 4) is 0 Å². The Labute approximate surface area is 103 Å². The van der Waals surface area contributed by atoms with Gasteiger partial charge in [-0.05, 0) is 28.4 Å². The summed E-state index contributed by atoms with van der Waals surface area (Å²) in [6.45, 7) is 3.36. The van der Waals surface area contributed by atoms with Gasteiger partial charge in [0.25, 0.3) is 0 Å². The van der Waals surface area contributed by atoms with Crippen LogP contribution < -0.4 is 0 Å². The van der Waals surface area contributed by atoms with E-state index in [2.05, 4.69) is 22.9 Å². The molecule has 0 aliphatic rings. The van der Waals surface area contributed by atoms with Gasteiger partial charge in [-0.2, -0.15) is 0 Å².